The number of halogens is 1. The van der Waals surface area contributed by atoms with E-state index in [2.05, 4.69) is 29.8 Å². The average molecular weight is 319 g/mol. The molecule has 96 valence electrons. The first kappa shape index (κ1) is 14.7. The largest absolute Gasteiger partial charge is 0.224 e. The Kier molecular flexibility index (Phi) is 5.20. The van der Waals surface area contributed by atoms with E-state index < -0.39 is 9.84 Å². The molecule has 0 saturated heterocycles. The van der Waals surface area contributed by atoms with Gasteiger partial charge in [-0.3, -0.25) is 0 Å². The molecule has 17 heavy (non-hydrogen) atoms. The summed E-state index contributed by atoms with van der Waals surface area (Å²) in [7, 11) is -3.16. The summed E-state index contributed by atoms with van der Waals surface area (Å²) in [6, 6.07) is 7.06. The minimum absolute atomic E-state index is 0.154. The second-order valence-electron chi connectivity index (χ2n) is 4.75. The lowest BCUT2D eigenvalue weighted by Crippen LogP contribution is -2.22. The van der Waals surface area contributed by atoms with Crippen LogP contribution in [0.3, 0.4) is 0 Å². The van der Waals surface area contributed by atoms with E-state index in [1.165, 1.54) is 0 Å². The molecule has 0 aliphatic carbocycles. The van der Waals surface area contributed by atoms with Gasteiger partial charge in [0.15, 0.2) is 9.84 Å². The zero-order valence-electron chi connectivity index (χ0n) is 10.5. The van der Waals surface area contributed by atoms with Crippen molar-refractivity contribution in [1.82, 2.24) is 0 Å². The summed E-state index contributed by atoms with van der Waals surface area (Å²) in [5.41, 5.74) is 1.07. The molecular formula is C13H19BrO2S. The topological polar surface area (TPSA) is 34.1 Å². The summed E-state index contributed by atoms with van der Waals surface area (Å²) < 4.78 is 24.4. The van der Waals surface area contributed by atoms with E-state index in [1.807, 2.05) is 19.1 Å². The molecule has 0 saturated carbocycles. The van der Waals surface area contributed by atoms with Gasteiger partial charge in [-0.2, -0.15) is 0 Å². The van der Waals surface area contributed by atoms with Gasteiger partial charge in [0.25, 0.3) is 0 Å². The Morgan fingerprint density at radius 1 is 1.18 bits per heavy atom. The number of hydrogen-bond acceptors (Lipinski definition) is 2. The van der Waals surface area contributed by atoms with Crippen LogP contribution in [0.15, 0.2) is 29.2 Å². The number of rotatable bonds is 5. The summed E-state index contributed by atoms with van der Waals surface area (Å²) in [4.78, 5) is 0.426. The maximum Gasteiger partial charge on any atom is 0.178 e. The van der Waals surface area contributed by atoms with E-state index in [0.29, 0.717) is 10.8 Å². The molecule has 0 aliphatic rings. The number of alkyl halides is 1. The first-order valence-corrected chi connectivity index (χ1v) is 8.49. The van der Waals surface area contributed by atoms with Gasteiger partial charge in [-0.1, -0.05) is 47.5 Å². The first-order chi connectivity index (χ1) is 7.86. The van der Waals surface area contributed by atoms with Crippen LogP contribution in [0.5, 0.6) is 0 Å². The van der Waals surface area contributed by atoms with Crippen LogP contribution in [0, 0.1) is 18.8 Å². The van der Waals surface area contributed by atoms with Gasteiger partial charge in [0.1, 0.15) is 0 Å². The second kappa shape index (κ2) is 6.01. The molecule has 4 heteroatoms. The lowest BCUT2D eigenvalue weighted by atomic mass is 10.0. The van der Waals surface area contributed by atoms with E-state index in [9.17, 15) is 8.42 Å². The molecule has 2 nitrogen and oxygen atoms in total. The van der Waals surface area contributed by atoms with Crippen LogP contribution in [0.2, 0.25) is 0 Å². The normalized spacial score (nSPS) is 13.9. The Morgan fingerprint density at radius 2 is 1.71 bits per heavy atom. The van der Waals surface area contributed by atoms with Crippen LogP contribution >= 0.6 is 15.9 Å². The van der Waals surface area contributed by atoms with Crippen LogP contribution < -0.4 is 0 Å². The third kappa shape index (κ3) is 4.11. The summed E-state index contributed by atoms with van der Waals surface area (Å²) in [5, 5.41) is 0.718. The van der Waals surface area contributed by atoms with Crippen LogP contribution in [0.4, 0.5) is 0 Å². The molecule has 0 bridgehead atoms. The minimum atomic E-state index is -3.16. The van der Waals surface area contributed by atoms with Gasteiger partial charge in [0.05, 0.1) is 10.6 Å². The van der Waals surface area contributed by atoms with Crippen molar-refractivity contribution in [2.45, 2.75) is 25.7 Å². The zero-order chi connectivity index (χ0) is 13.1. The van der Waals surface area contributed by atoms with Gasteiger partial charge < -0.3 is 0 Å². The molecule has 1 aromatic rings. The zero-order valence-corrected chi connectivity index (χ0v) is 12.9. The van der Waals surface area contributed by atoms with Crippen LogP contribution in [0.1, 0.15) is 19.4 Å². The van der Waals surface area contributed by atoms with Gasteiger partial charge in [-0.25, -0.2) is 8.42 Å². The number of benzene rings is 1. The van der Waals surface area contributed by atoms with Gasteiger partial charge in [-0.15, -0.1) is 0 Å². The third-order valence-corrected chi connectivity index (χ3v) is 5.64. The lowest BCUT2D eigenvalue weighted by molar-refractivity contribution is 0.462. The Balaban J connectivity index is 2.92. The second-order valence-corrected chi connectivity index (χ2v) is 7.43. The maximum absolute atomic E-state index is 12.2. The molecule has 1 aromatic carbocycles. The number of sulfone groups is 1. The van der Waals surface area contributed by atoms with Crippen molar-refractivity contribution >= 4 is 25.8 Å². The van der Waals surface area contributed by atoms with Crippen molar-refractivity contribution in [3.63, 3.8) is 0 Å². The first-order valence-electron chi connectivity index (χ1n) is 5.72. The van der Waals surface area contributed by atoms with Crippen molar-refractivity contribution in [2.24, 2.45) is 11.8 Å². The third-order valence-electron chi connectivity index (χ3n) is 2.95. The Morgan fingerprint density at radius 3 is 2.12 bits per heavy atom. The van der Waals surface area contributed by atoms with Crippen molar-refractivity contribution in [2.75, 3.05) is 11.1 Å². The van der Waals surface area contributed by atoms with Gasteiger partial charge in [0, 0.05) is 5.33 Å². The van der Waals surface area contributed by atoms with Crippen molar-refractivity contribution < 1.29 is 8.42 Å². The van der Waals surface area contributed by atoms with E-state index in [-0.39, 0.29) is 11.7 Å². The van der Waals surface area contributed by atoms with E-state index in [4.69, 9.17) is 0 Å². The molecule has 1 atom stereocenters. The molecule has 0 N–H and O–H groups in total. The fourth-order valence-corrected chi connectivity index (χ4v) is 4.63. The standard InChI is InChI=1S/C13H19BrO2S/c1-10(2)12(8-14)9-17(15,16)13-6-4-11(3)5-7-13/h4-7,10,12H,8-9H2,1-3H3. The van der Waals surface area contributed by atoms with Crippen molar-refractivity contribution in [1.29, 1.82) is 0 Å². The number of hydrogen-bond donors (Lipinski definition) is 0. The predicted octanol–water partition coefficient (Wildman–Crippen LogP) is 3.44. The Labute approximate surface area is 112 Å². The highest BCUT2D eigenvalue weighted by Crippen LogP contribution is 2.21. The van der Waals surface area contributed by atoms with Crippen LogP contribution in [-0.4, -0.2) is 19.5 Å². The summed E-state index contributed by atoms with van der Waals surface area (Å²) in [6.45, 7) is 6.05. The molecule has 0 fully saturated rings. The highest BCUT2D eigenvalue weighted by molar-refractivity contribution is 9.09. The van der Waals surface area contributed by atoms with Crippen LogP contribution in [0.25, 0.3) is 0 Å². The van der Waals surface area contributed by atoms with Gasteiger partial charge >= 0.3 is 0 Å². The molecule has 0 aromatic heterocycles. The van der Waals surface area contributed by atoms with E-state index in [0.717, 1.165) is 10.9 Å². The summed E-state index contributed by atoms with van der Waals surface area (Å²) in [5.74, 6) is 0.717. The molecule has 1 unspecified atom stereocenters. The summed E-state index contributed by atoms with van der Waals surface area (Å²) in [6.07, 6.45) is 0. The van der Waals surface area contributed by atoms with Crippen molar-refractivity contribution in [3.05, 3.63) is 29.8 Å². The maximum atomic E-state index is 12.2. The molecule has 0 aliphatic heterocycles. The molecule has 0 spiro atoms. The highest BCUT2D eigenvalue weighted by atomic mass is 79.9. The minimum Gasteiger partial charge on any atom is -0.224 e. The fraction of sp³-hybridized carbons (Fsp3) is 0.538. The summed E-state index contributed by atoms with van der Waals surface area (Å²) >= 11 is 3.39. The molecule has 0 heterocycles. The van der Waals surface area contributed by atoms with E-state index in [1.54, 1.807) is 12.1 Å². The average Bonchev–Trinajstić information content (AvgIpc) is 2.26. The SMILES string of the molecule is Cc1ccc(S(=O)(=O)CC(CBr)C(C)C)cc1. The molecule has 1 rings (SSSR count). The fourth-order valence-electron chi connectivity index (χ4n) is 1.54. The highest BCUT2D eigenvalue weighted by Gasteiger charge is 2.22. The number of aryl methyl sites for hydroxylation is 1. The van der Waals surface area contributed by atoms with E-state index >= 15 is 0 Å². The smallest absolute Gasteiger partial charge is 0.178 e. The Hall–Kier alpha value is -0.350. The molecule has 0 amide bonds. The van der Waals surface area contributed by atoms with Gasteiger partial charge in [-0.05, 0) is 30.9 Å². The Bertz CT molecular complexity index is 449. The monoisotopic (exact) mass is 318 g/mol. The van der Waals surface area contributed by atoms with Crippen LogP contribution in [-0.2, 0) is 9.84 Å². The lowest BCUT2D eigenvalue weighted by Gasteiger charge is -2.18. The van der Waals surface area contributed by atoms with Gasteiger partial charge in [0.2, 0.25) is 0 Å². The van der Waals surface area contributed by atoms with Crippen molar-refractivity contribution in [3.8, 4) is 0 Å². The molecular weight excluding hydrogens is 300 g/mol. The molecule has 0 radical (unpaired) electrons. The quantitative estimate of drug-likeness (QED) is 0.779. The predicted molar refractivity (Wildman–Crippen MR) is 75.4 cm³/mol.